The Morgan fingerprint density at radius 2 is 1.39 bits per heavy atom. The zero-order chi connectivity index (χ0) is 22.4. The van der Waals surface area contributed by atoms with Crippen molar-refractivity contribution in [1.29, 1.82) is 0 Å². The second kappa shape index (κ2) is 7.86. The van der Waals surface area contributed by atoms with Crippen molar-refractivity contribution in [2.45, 2.75) is 18.9 Å². The Morgan fingerprint density at radius 1 is 0.727 bits per heavy atom. The van der Waals surface area contributed by atoms with Crippen LogP contribution in [0.4, 0.5) is 10.1 Å². The van der Waals surface area contributed by atoms with Gasteiger partial charge in [0.25, 0.3) is 0 Å². The lowest BCUT2D eigenvalue weighted by Gasteiger charge is -2.36. The van der Waals surface area contributed by atoms with Gasteiger partial charge in [-0.2, -0.15) is 0 Å². The molecule has 160 valence electrons. The van der Waals surface area contributed by atoms with Crippen LogP contribution in [0.1, 0.15) is 29.0 Å². The molecule has 33 heavy (non-hydrogen) atoms. The highest BCUT2D eigenvalue weighted by atomic mass is 19.1. The number of carbonyl (C=O) groups is 1. The normalized spacial score (nSPS) is 15.7. The van der Waals surface area contributed by atoms with E-state index in [-0.39, 0.29) is 24.2 Å². The number of benzene rings is 5. The van der Waals surface area contributed by atoms with Crippen LogP contribution in [0, 0.1) is 5.82 Å². The van der Waals surface area contributed by atoms with E-state index in [4.69, 9.17) is 0 Å². The summed E-state index contributed by atoms with van der Waals surface area (Å²) >= 11 is 0. The maximum Gasteiger partial charge on any atom is 0.228 e. The quantitative estimate of drug-likeness (QED) is 0.296. The van der Waals surface area contributed by atoms with Gasteiger partial charge < -0.3 is 4.90 Å². The number of carbonyl (C=O) groups excluding carboxylic acids is 1. The highest BCUT2D eigenvalue weighted by Gasteiger charge is 2.34. The summed E-state index contributed by atoms with van der Waals surface area (Å²) in [7, 11) is 0. The number of amides is 1. The average molecular weight is 432 g/mol. The van der Waals surface area contributed by atoms with Gasteiger partial charge in [0, 0.05) is 23.6 Å². The number of anilines is 1. The fraction of sp³-hybridized carbons (Fsp3) is 0.100. The molecule has 0 bridgehead atoms. The van der Waals surface area contributed by atoms with Crippen LogP contribution in [0.25, 0.3) is 21.5 Å². The Balaban J connectivity index is 1.58. The van der Waals surface area contributed by atoms with Crippen LogP contribution in [-0.4, -0.2) is 5.91 Å². The summed E-state index contributed by atoms with van der Waals surface area (Å²) in [4.78, 5) is 15.3. The van der Waals surface area contributed by atoms with Gasteiger partial charge >= 0.3 is 0 Å². The molecule has 0 radical (unpaired) electrons. The minimum Gasteiger partial charge on any atom is -0.308 e. The van der Waals surface area contributed by atoms with Gasteiger partial charge in [-0.25, -0.2) is 4.39 Å². The Hall–Kier alpha value is -3.98. The Morgan fingerprint density at radius 3 is 2.21 bits per heavy atom. The predicted octanol–water partition coefficient (Wildman–Crippen LogP) is 7.20. The highest BCUT2D eigenvalue weighted by Crippen LogP contribution is 2.46. The number of hydrogen-bond donors (Lipinski definition) is 0. The summed E-state index contributed by atoms with van der Waals surface area (Å²) in [5.74, 6) is -0.343. The lowest BCUT2D eigenvalue weighted by Crippen LogP contribution is -2.36. The topological polar surface area (TPSA) is 20.3 Å². The minimum absolute atomic E-state index is 0.0129. The Labute approximate surface area is 191 Å². The molecule has 0 aromatic heterocycles. The van der Waals surface area contributed by atoms with E-state index in [0.717, 1.165) is 33.0 Å². The van der Waals surface area contributed by atoms with E-state index in [1.807, 2.05) is 36.4 Å². The molecule has 0 aliphatic carbocycles. The summed E-state index contributed by atoms with van der Waals surface area (Å²) < 4.78 is 14.5. The summed E-state index contributed by atoms with van der Waals surface area (Å²) in [6, 6.07) is 33.7. The lowest BCUT2D eigenvalue weighted by atomic mass is 9.79. The van der Waals surface area contributed by atoms with Gasteiger partial charge in [-0.05, 0) is 44.8 Å². The summed E-state index contributed by atoms with van der Waals surface area (Å²) in [5, 5.41) is 4.61. The summed E-state index contributed by atoms with van der Waals surface area (Å²) in [6.45, 7) is 0.221. The van der Waals surface area contributed by atoms with E-state index in [2.05, 4.69) is 48.5 Å². The molecular formula is C30H22FNO. The molecule has 0 saturated carbocycles. The van der Waals surface area contributed by atoms with Gasteiger partial charge in [-0.3, -0.25) is 4.79 Å². The fourth-order valence-corrected chi connectivity index (χ4v) is 5.20. The van der Waals surface area contributed by atoms with Crippen LogP contribution in [0.15, 0.2) is 103 Å². The third-order valence-corrected chi connectivity index (χ3v) is 6.75. The minimum atomic E-state index is -0.288. The molecule has 0 fully saturated rings. The van der Waals surface area contributed by atoms with E-state index in [1.54, 1.807) is 17.0 Å². The van der Waals surface area contributed by atoms with Gasteiger partial charge in [-0.1, -0.05) is 91.0 Å². The molecule has 6 rings (SSSR count). The van der Waals surface area contributed by atoms with Crippen LogP contribution < -0.4 is 4.90 Å². The highest BCUT2D eigenvalue weighted by molar-refractivity contribution is 6.04. The van der Waals surface area contributed by atoms with Crippen molar-refractivity contribution in [2.75, 3.05) is 4.90 Å². The molecule has 3 heteroatoms. The molecule has 1 unspecified atom stereocenters. The van der Waals surface area contributed by atoms with Crippen molar-refractivity contribution in [1.82, 2.24) is 0 Å². The number of nitrogens with zero attached hydrogens (tertiary/aromatic N) is 1. The predicted molar refractivity (Wildman–Crippen MR) is 132 cm³/mol. The third-order valence-electron chi connectivity index (χ3n) is 6.75. The van der Waals surface area contributed by atoms with Crippen molar-refractivity contribution >= 4 is 33.1 Å². The molecule has 5 aromatic carbocycles. The monoisotopic (exact) mass is 431 g/mol. The maximum atomic E-state index is 14.5. The molecular weight excluding hydrogens is 409 g/mol. The van der Waals surface area contributed by atoms with E-state index in [0.29, 0.717) is 12.0 Å². The molecule has 1 aliphatic heterocycles. The van der Waals surface area contributed by atoms with Gasteiger partial charge in [0.1, 0.15) is 5.82 Å². The summed E-state index contributed by atoms with van der Waals surface area (Å²) in [6.07, 6.45) is 0.351. The van der Waals surface area contributed by atoms with Crippen LogP contribution in [-0.2, 0) is 11.3 Å². The third kappa shape index (κ3) is 3.28. The Kier molecular flexibility index (Phi) is 4.69. The van der Waals surface area contributed by atoms with Crippen LogP contribution in [0.3, 0.4) is 0 Å². The average Bonchev–Trinajstić information content (AvgIpc) is 2.86. The first kappa shape index (κ1) is 19.7. The molecule has 0 N–H and O–H groups in total. The van der Waals surface area contributed by atoms with E-state index >= 15 is 0 Å². The molecule has 1 amide bonds. The first-order valence-corrected chi connectivity index (χ1v) is 11.2. The van der Waals surface area contributed by atoms with Crippen LogP contribution in [0.5, 0.6) is 0 Å². The van der Waals surface area contributed by atoms with Gasteiger partial charge in [0.05, 0.1) is 6.54 Å². The van der Waals surface area contributed by atoms with Crippen molar-refractivity contribution < 1.29 is 9.18 Å². The number of fused-ring (bicyclic) bond motifs is 4. The molecule has 5 aromatic rings. The summed E-state index contributed by atoms with van der Waals surface area (Å²) in [5.41, 5.74) is 3.68. The van der Waals surface area contributed by atoms with Crippen molar-refractivity contribution in [2.24, 2.45) is 0 Å². The zero-order valence-corrected chi connectivity index (χ0v) is 18.0. The SMILES string of the molecule is O=C1CC(c2cccc3ccccc23)c2c(ccc3ccccc23)N1Cc1ccccc1F. The van der Waals surface area contributed by atoms with E-state index in [1.165, 1.54) is 11.5 Å². The number of rotatable bonds is 3. The zero-order valence-electron chi connectivity index (χ0n) is 18.0. The second-order valence-corrected chi connectivity index (χ2v) is 8.62. The standard InChI is InChI=1S/C30H22FNO/c31-27-15-6-3-10-22(27)19-32-28-17-16-21-9-2-5-13-24(21)30(28)26(18-29(32)33)25-14-7-11-20-8-1-4-12-23(20)25/h1-17,26H,18-19H2. The van der Waals surface area contributed by atoms with E-state index < -0.39 is 0 Å². The lowest BCUT2D eigenvalue weighted by molar-refractivity contribution is -0.119. The van der Waals surface area contributed by atoms with Crippen LogP contribution >= 0.6 is 0 Å². The molecule has 1 aliphatic rings. The van der Waals surface area contributed by atoms with Crippen LogP contribution in [0.2, 0.25) is 0 Å². The van der Waals surface area contributed by atoms with Crippen molar-refractivity contribution in [3.05, 3.63) is 126 Å². The van der Waals surface area contributed by atoms with Gasteiger partial charge in [-0.15, -0.1) is 0 Å². The fourth-order valence-electron chi connectivity index (χ4n) is 5.20. The molecule has 0 saturated heterocycles. The largest absolute Gasteiger partial charge is 0.308 e. The molecule has 1 heterocycles. The smallest absolute Gasteiger partial charge is 0.228 e. The first-order chi connectivity index (χ1) is 16.2. The Bertz CT molecular complexity index is 1520. The van der Waals surface area contributed by atoms with Crippen molar-refractivity contribution in [3.8, 4) is 0 Å². The van der Waals surface area contributed by atoms with Crippen molar-refractivity contribution in [3.63, 3.8) is 0 Å². The number of hydrogen-bond acceptors (Lipinski definition) is 1. The molecule has 0 spiro atoms. The van der Waals surface area contributed by atoms with Gasteiger partial charge in [0.15, 0.2) is 0 Å². The maximum absolute atomic E-state index is 14.5. The number of halogens is 1. The van der Waals surface area contributed by atoms with Gasteiger partial charge in [0.2, 0.25) is 5.91 Å². The molecule has 1 atom stereocenters. The van der Waals surface area contributed by atoms with E-state index in [9.17, 15) is 9.18 Å². The molecule has 2 nitrogen and oxygen atoms in total. The second-order valence-electron chi connectivity index (χ2n) is 8.62. The first-order valence-electron chi connectivity index (χ1n) is 11.2.